The van der Waals surface area contributed by atoms with E-state index in [-0.39, 0.29) is 5.91 Å². The maximum Gasteiger partial charge on any atom is 0.269 e. The number of benzene rings is 1. The van der Waals surface area contributed by atoms with Gasteiger partial charge in [-0.25, -0.2) is 0 Å². The first-order chi connectivity index (χ1) is 10.8. The van der Waals surface area contributed by atoms with Gasteiger partial charge in [0.1, 0.15) is 0 Å². The summed E-state index contributed by atoms with van der Waals surface area (Å²) >= 11 is 5.12. The number of carbonyl (C=O) groups is 1. The number of hydrogen-bond donors (Lipinski definition) is 3. The van der Waals surface area contributed by atoms with Crippen molar-refractivity contribution in [1.82, 2.24) is 21.1 Å². The van der Waals surface area contributed by atoms with Crippen LogP contribution in [0.2, 0.25) is 0 Å². The largest absolute Gasteiger partial charge is 0.379 e. The molecule has 0 spiro atoms. The molecule has 3 N–H and O–H groups in total. The second-order valence-corrected chi connectivity index (χ2v) is 5.42. The minimum atomic E-state index is -0.210. The number of hydrazine groups is 1. The molecule has 1 aliphatic rings. The van der Waals surface area contributed by atoms with Gasteiger partial charge in [0.15, 0.2) is 5.11 Å². The van der Waals surface area contributed by atoms with Crippen molar-refractivity contribution in [3.05, 3.63) is 35.9 Å². The lowest BCUT2D eigenvalue weighted by Crippen LogP contribution is -2.47. The highest BCUT2D eigenvalue weighted by Gasteiger charge is 2.09. The minimum absolute atomic E-state index is 0.210. The molecule has 0 saturated carbocycles. The molecule has 1 fully saturated rings. The van der Waals surface area contributed by atoms with Crippen molar-refractivity contribution in [2.75, 3.05) is 39.4 Å². The summed E-state index contributed by atoms with van der Waals surface area (Å²) in [5, 5.41) is 3.50. The Morgan fingerprint density at radius 2 is 1.91 bits per heavy atom. The van der Waals surface area contributed by atoms with E-state index in [4.69, 9.17) is 17.0 Å². The molecule has 7 heteroatoms. The van der Waals surface area contributed by atoms with Crippen molar-refractivity contribution >= 4 is 23.2 Å². The molecule has 1 aromatic rings. The van der Waals surface area contributed by atoms with Gasteiger partial charge in [0.25, 0.3) is 5.91 Å². The number of nitrogens with zero attached hydrogens (tertiary/aromatic N) is 1. The second-order valence-electron chi connectivity index (χ2n) is 5.01. The summed E-state index contributed by atoms with van der Waals surface area (Å²) in [5.74, 6) is -0.210. The van der Waals surface area contributed by atoms with Gasteiger partial charge in [0.2, 0.25) is 0 Å². The number of carbonyl (C=O) groups excluding carboxylic acids is 1. The number of hydrogen-bond acceptors (Lipinski definition) is 4. The molecule has 0 aliphatic carbocycles. The first kappa shape index (κ1) is 16.7. The molecule has 120 valence electrons. The predicted octanol–water partition coefficient (Wildman–Crippen LogP) is 0.518. The lowest BCUT2D eigenvalue weighted by atomic mass is 10.2. The Balaban J connectivity index is 1.55. The van der Waals surface area contributed by atoms with Crippen molar-refractivity contribution in [3.63, 3.8) is 0 Å². The topological polar surface area (TPSA) is 65.6 Å². The van der Waals surface area contributed by atoms with Crippen LogP contribution in [0.15, 0.2) is 30.3 Å². The summed E-state index contributed by atoms with van der Waals surface area (Å²) in [6, 6.07) is 8.99. The van der Waals surface area contributed by atoms with Crippen LogP contribution in [0.4, 0.5) is 0 Å². The molecule has 1 amide bonds. The second kappa shape index (κ2) is 9.34. The van der Waals surface area contributed by atoms with Crippen LogP contribution in [0.25, 0.3) is 0 Å². The first-order valence-electron chi connectivity index (χ1n) is 7.45. The zero-order valence-corrected chi connectivity index (χ0v) is 13.3. The molecule has 0 atom stereocenters. The van der Waals surface area contributed by atoms with Crippen molar-refractivity contribution in [2.24, 2.45) is 0 Å². The molecular formula is C15H22N4O2S. The molecule has 0 radical (unpaired) electrons. The van der Waals surface area contributed by atoms with Gasteiger partial charge in [-0.3, -0.25) is 20.5 Å². The average molecular weight is 322 g/mol. The summed E-state index contributed by atoms with van der Waals surface area (Å²) < 4.78 is 5.31. The van der Waals surface area contributed by atoms with Gasteiger partial charge >= 0.3 is 0 Å². The number of ether oxygens (including phenoxy) is 1. The van der Waals surface area contributed by atoms with E-state index < -0.39 is 0 Å². The third-order valence-electron chi connectivity index (χ3n) is 3.37. The summed E-state index contributed by atoms with van der Waals surface area (Å²) in [7, 11) is 0. The minimum Gasteiger partial charge on any atom is -0.379 e. The summed E-state index contributed by atoms with van der Waals surface area (Å²) in [6.07, 6.45) is 0.994. The lowest BCUT2D eigenvalue weighted by molar-refractivity contribution is 0.0376. The molecule has 1 aromatic carbocycles. The monoisotopic (exact) mass is 322 g/mol. The van der Waals surface area contributed by atoms with E-state index in [0.717, 1.165) is 45.8 Å². The first-order valence-corrected chi connectivity index (χ1v) is 7.86. The molecule has 0 bridgehead atoms. The van der Waals surface area contributed by atoms with Crippen LogP contribution < -0.4 is 16.2 Å². The molecule has 0 aromatic heterocycles. The molecule has 1 saturated heterocycles. The number of amides is 1. The van der Waals surface area contributed by atoms with E-state index in [1.807, 2.05) is 18.2 Å². The van der Waals surface area contributed by atoms with Crippen LogP contribution in [-0.4, -0.2) is 55.3 Å². The van der Waals surface area contributed by atoms with Crippen LogP contribution in [0, 0.1) is 0 Å². The fourth-order valence-corrected chi connectivity index (χ4v) is 2.30. The van der Waals surface area contributed by atoms with Gasteiger partial charge in [-0.15, -0.1) is 0 Å². The lowest BCUT2D eigenvalue weighted by Gasteiger charge is -2.26. The highest BCUT2D eigenvalue weighted by atomic mass is 32.1. The quantitative estimate of drug-likeness (QED) is 0.417. The Bertz CT molecular complexity index is 478. The maximum atomic E-state index is 11.8. The Morgan fingerprint density at radius 3 is 2.64 bits per heavy atom. The SMILES string of the molecule is O=C(NNC(=S)NCCCN1CCOCC1)c1ccccc1. The molecule has 1 aliphatic heterocycles. The van der Waals surface area contributed by atoms with Crippen LogP contribution in [0.5, 0.6) is 0 Å². The smallest absolute Gasteiger partial charge is 0.269 e. The fourth-order valence-electron chi connectivity index (χ4n) is 2.15. The van der Waals surface area contributed by atoms with E-state index in [2.05, 4.69) is 21.1 Å². The van der Waals surface area contributed by atoms with Gasteiger partial charge in [-0.05, 0) is 37.3 Å². The van der Waals surface area contributed by atoms with E-state index in [1.54, 1.807) is 12.1 Å². The zero-order valence-electron chi connectivity index (χ0n) is 12.5. The molecule has 22 heavy (non-hydrogen) atoms. The Labute approximate surface area is 136 Å². The third kappa shape index (κ3) is 5.97. The van der Waals surface area contributed by atoms with Gasteiger partial charge in [-0.2, -0.15) is 0 Å². The van der Waals surface area contributed by atoms with Gasteiger partial charge in [0.05, 0.1) is 13.2 Å². The average Bonchev–Trinajstić information content (AvgIpc) is 2.58. The molecular weight excluding hydrogens is 300 g/mol. The van der Waals surface area contributed by atoms with Crippen molar-refractivity contribution < 1.29 is 9.53 Å². The van der Waals surface area contributed by atoms with Gasteiger partial charge in [-0.1, -0.05) is 18.2 Å². The van der Waals surface area contributed by atoms with Crippen LogP contribution in [0.1, 0.15) is 16.8 Å². The van der Waals surface area contributed by atoms with E-state index in [1.165, 1.54) is 0 Å². The van der Waals surface area contributed by atoms with E-state index in [9.17, 15) is 4.79 Å². The van der Waals surface area contributed by atoms with Crippen molar-refractivity contribution in [1.29, 1.82) is 0 Å². The van der Waals surface area contributed by atoms with Crippen LogP contribution in [0.3, 0.4) is 0 Å². The summed E-state index contributed by atoms with van der Waals surface area (Å²) in [4.78, 5) is 14.2. The summed E-state index contributed by atoms with van der Waals surface area (Å²) in [5.41, 5.74) is 5.86. The molecule has 6 nitrogen and oxygen atoms in total. The van der Waals surface area contributed by atoms with Crippen LogP contribution in [-0.2, 0) is 4.74 Å². The van der Waals surface area contributed by atoms with E-state index >= 15 is 0 Å². The highest BCUT2D eigenvalue weighted by molar-refractivity contribution is 7.80. The third-order valence-corrected chi connectivity index (χ3v) is 3.61. The molecule has 2 rings (SSSR count). The zero-order chi connectivity index (χ0) is 15.6. The van der Waals surface area contributed by atoms with Crippen LogP contribution >= 0.6 is 12.2 Å². The normalized spacial score (nSPS) is 15.1. The summed E-state index contributed by atoms with van der Waals surface area (Å²) in [6.45, 7) is 5.42. The Morgan fingerprint density at radius 1 is 1.18 bits per heavy atom. The van der Waals surface area contributed by atoms with Crippen molar-refractivity contribution in [2.45, 2.75) is 6.42 Å². The standard InChI is InChI=1S/C15H22N4O2S/c20-14(13-5-2-1-3-6-13)17-18-15(22)16-7-4-8-19-9-11-21-12-10-19/h1-3,5-6H,4,7-12H2,(H,17,20)(H2,16,18,22). The maximum absolute atomic E-state index is 11.8. The Kier molecular flexibility index (Phi) is 7.08. The number of rotatable bonds is 5. The van der Waals surface area contributed by atoms with Crippen molar-refractivity contribution in [3.8, 4) is 0 Å². The molecule has 1 heterocycles. The van der Waals surface area contributed by atoms with Gasteiger partial charge in [0, 0.05) is 25.2 Å². The fraction of sp³-hybridized carbons (Fsp3) is 0.467. The number of nitrogens with one attached hydrogen (secondary N) is 3. The highest BCUT2D eigenvalue weighted by Crippen LogP contribution is 1.98. The number of morpholine rings is 1. The van der Waals surface area contributed by atoms with Gasteiger partial charge < -0.3 is 10.1 Å². The Hall–Kier alpha value is -1.70. The predicted molar refractivity (Wildman–Crippen MR) is 89.5 cm³/mol. The molecule has 0 unspecified atom stereocenters. The number of thiocarbonyl (C=S) groups is 1. The van der Waals surface area contributed by atoms with E-state index in [0.29, 0.717) is 10.7 Å².